The third-order valence-corrected chi connectivity index (χ3v) is 4.80. The summed E-state index contributed by atoms with van der Waals surface area (Å²) in [5, 5.41) is 12.6. The van der Waals surface area contributed by atoms with Crippen LogP contribution in [0.3, 0.4) is 0 Å². The van der Waals surface area contributed by atoms with E-state index in [1.165, 1.54) is 23.5 Å². The molecule has 2 N–H and O–H groups in total. The van der Waals surface area contributed by atoms with E-state index in [1.54, 1.807) is 17.2 Å². The Balaban J connectivity index is 1.62. The van der Waals surface area contributed by atoms with Crippen LogP contribution in [0.15, 0.2) is 30.5 Å². The summed E-state index contributed by atoms with van der Waals surface area (Å²) in [4.78, 5) is 19.0. The van der Waals surface area contributed by atoms with E-state index >= 15 is 0 Å². The number of carbonyl (C=O) groups excluding carboxylic acids is 1. The van der Waals surface area contributed by atoms with Gasteiger partial charge < -0.3 is 10.0 Å². The lowest BCUT2D eigenvalue weighted by atomic mass is 10.1. The number of aromatic nitrogens is 1. The topological polar surface area (TPSA) is 65.5 Å². The first kappa shape index (κ1) is 15.9. The van der Waals surface area contributed by atoms with Gasteiger partial charge in [-0.05, 0) is 30.5 Å². The Kier molecular flexibility index (Phi) is 4.88. The number of carbonyl (C=O) groups is 1. The first-order valence-electron chi connectivity index (χ1n) is 7.53. The Morgan fingerprint density at radius 3 is 3.17 bits per heavy atom. The average molecular weight is 335 g/mol. The number of benzene rings is 1. The minimum Gasteiger partial charge on any atom is -0.394 e. The predicted molar refractivity (Wildman–Crippen MR) is 87.2 cm³/mol. The minimum atomic E-state index is -0.260. The Bertz CT molecular complexity index is 691. The molecule has 1 atom stereocenters. The summed E-state index contributed by atoms with van der Waals surface area (Å²) in [6, 6.07) is 6.10. The molecule has 1 aromatic heterocycles. The number of likely N-dealkylation sites (tertiary alicyclic amines) is 1. The SMILES string of the molecule is O=C(Nc1ncc(Cc2cccc(F)c2)s1)N1CCC[C@@H]1CO. The van der Waals surface area contributed by atoms with Crippen LogP contribution in [0, 0.1) is 5.82 Å². The van der Waals surface area contributed by atoms with E-state index in [1.807, 2.05) is 6.07 Å². The van der Waals surface area contributed by atoms with Gasteiger partial charge in [0.25, 0.3) is 0 Å². The zero-order valence-corrected chi connectivity index (χ0v) is 13.4. The quantitative estimate of drug-likeness (QED) is 0.903. The zero-order valence-electron chi connectivity index (χ0n) is 12.5. The maximum Gasteiger partial charge on any atom is 0.323 e. The number of urea groups is 1. The van der Waals surface area contributed by atoms with Gasteiger partial charge in [-0.1, -0.05) is 12.1 Å². The molecule has 122 valence electrons. The van der Waals surface area contributed by atoms with Gasteiger partial charge in [-0.25, -0.2) is 14.2 Å². The van der Waals surface area contributed by atoms with Gasteiger partial charge in [-0.2, -0.15) is 0 Å². The van der Waals surface area contributed by atoms with Gasteiger partial charge in [0, 0.05) is 24.0 Å². The van der Waals surface area contributed by atoms with Gasteiger partial charge in [-0.15, -0.1) is 11.3 Å². The number of hydrogen-bond acceptors (Lipinski definition) is 4. The van der Waals surface area contributed by atoms with E-state index < -0.39 is 0 Å². The van der Waals surface area contributed by atoms with Crippen LogP contribution in [-0.2, 0) is 6.42 Å². The number of hydrogen-bond donors (Lipinski definition) is 2. The molecule has 2 amide bonds. The van der Waals surface area contributed by atoms with Crippen molar-refractivity contribution in [2.24, 2.45) is 0 Å². The molecular formula is C16H18FN3O2S. The summed E-state index contributed by atoms with van der Waals surface area (Å²) < 4.78 is 13.2. The molecule has 1 saturated heterocycles. The molecular weight excluding hydrogens is 317 g/mol. The van der Waals surface area contributed by atoms with Crippen LogP contribution in [-0.4, -0.2) is 40.2 Å². The summed E-state index contributed by atoms with van der Waals surface area (Å²) in [6.07, 6.45) is 4.00. The molecule has 0 saturated carbocycles. The first-order chi connectivity index (χ1) is 11.2. The Morgan fingerprint density at radius 2 is 2.39 bits per heavy atom. The highest BCUT2D eigenvalue weighted by Crippen LogP contribution is 2.23. The fraction of sp³-hybridized carbons (Fsp3) is 0.375. The second-order valence-electron chi connectivity index (χ2n) is 5.54. The van der Waals surface area contributed by atoms with Gasteiger partial charge in [0.15, 0.2) is 5.13 Å². The molecule has 0 unspecified atom stereocenters. The molecule has 1 fully saturated rings. The molecule has 0 radical (unpaired) electrons. The summed E-state index contributed by atoms with van der Waals surface area (Å²) in [7, 11) is 0. The van der Waals surface area contributed by atoms with Crippen molar-refractivity contribution < 1.29 is 14.3 Å². The van der Waals surface area contributed by atoms with Crippen LogP contribution in [0.2, 0.25) is 0 Å². The van der Waals surface area contributed by atoms with Crippen molar-refractivity contribution in [3.05, 3.63) is 46.7 Å². The van der Waals surface area contributed by atoms with Crippen LogP contribution in [0.25, 0.3) is 0 Å². The van der Waals surface area contributed by atoms with Crippen molar-refractivity contribution in [3.8, 4) is 0 Å². The first-order valence-corrected chi connectivity index (χ1v) is 8.35. The number of aliphatic hydroxyl groups is 1. The van der Waals surface area contributed by atoms with E-state index in [9.17, 15) is 14.3 Å². The number of anilines is 1. The van der Waals surface area contributed by atoms with E-state index in [0.717, 1.165) is 23.3 Å². The second-order valence-corrected chi connectivity index (χ2v) is 6.66. The molecule has 0 aliphatic carbocycles. The lowest BCUT2D eigenvalue weighted by Crippen LogP contribution is -2.40. The summed E-state index contributed by atoms with van der Waals surface area (Å²) in [5.41, 5.74) is 0.867. The third-order valence-electron chi connectivity index (χ3n) is 3.88. The third kappa shape index (κ3) is 3.86. The van der Waals surface area contributed by atoms with Crippen molar-refractivity contribution in [2.75, 3.05) is 18.5 Å². The van der Waals surface area contributed by atoms with Gasteiger partial charge in [-0.3, -0.25) is 5.32 Å². The molecule has 1 aromatic carbocycles. The van der Waals surface area contributed by atoms with E-state index in [2.05, 4.69) is 10.3 Å². The van der Waals surface area contributed by atoms with Gasteiger partial charge in [0.05, 0.1) is 12.6 Å². The average Bonchev–Trinajstić information content (AvgIpc) is 3.16. The molecule has 0 spiro atoms. The van der Waals surface area contributed by atoms with Crippen LogP contribution in [0.1, 0.15) is 23.3 Å². The minimum absolute atomic E-state index is 0.0177. The molecule has 2 heterocycles. The molecule has 5 nitrogen and oxygen atoms in total. The number of amides is 2. The second kappa shape index (κ2) is 7.06. The Morgan fingerprint density at radius 1 is 1.52 bits per heavy atom. The van der Waals surface area contributed by atoms with Gasteiger partial charge in [0.1, 0.15) is 5.82 Å². The van der Waals surface area contributed by atoms with Crippen molar-refractivity contribution in [2.45, 2.75) is 25.3 Å². The predicted octanol–water partition coefficient (Wildman–Crippen LogP) is 2.86. The highest BCUT2D eigenvalue weighted by atomic mass is 32.1. The fourth-order valence-electron chi connectivity index (χ4n) is 2.75. The lowest BCUT2D eigenvalue weighted by molar-refractivity contribution is 0.166. The van der Waals surface area contributed by atoms with E-state index in [-0.39, 0.29) is 24.5 Å². The number of thiazole rings is 1. The number of nitrogens with one attached hydrogen (secondary N) is 1. The lowest BCUT2D eigenvalue weighted by Gasteiger charge is -2.22. The highest BCUT2D eigenvalue weighted by molar-refractivity contribution is 7.15. The van der Waals surface area contributed by atoms with Crippen LogP contribution in [0.5, 0.6) is 0 Å². The normalized spacial score (nSPS) is 17.5. The van der Waals surface area contributed by atoms with Crippen molar-refractivity contribution in [3.63, 3.8) is 0 Å². The molecule has 1 aliphatic rings. The molecule has 2 aromatic rings. The van der Waals surface area contributed by atoms with E-state index in [4.69, 9.17) is 0 Å². The van der Waals surface area contributed by atoms with Gasteiger partial charge in [0.2, 0.25) is 0 Å². The molecule has 23 heavy (non-hydrogen) atoms. The van der Waals surface area contributed by atoms with Crippen LogP contribution < -0.4 is 5.32 Å². The smallest absolute Gasteiger partial charge is 0.323 e. The number of nitrogens with zero attached hydrogens (tertiary/aromatic N) is 2. The number of halogens is 1. The number of aliphatic hydroxyl groups excluding tert-OH is 1. The Hall–Kier alpha value is -1.99. The van der Waals surface area contributed by atoms with Crippen molar-refractivity contribution in [1.82, 2.24) is 9.88 Å². The maximum absolute atomic E-state index is 13.2. The van der Waals surface area contributed by atoms with E-state index in [0.29, 0.717) is 18.1 Å². The fourth-order valence-corrected chi connectivity index (χ4v) is 3.59. The molecule has 7 heteroatoms. The zero-order chi connectivity index (χ0) is 16.2. The number of rotatable bonds is 4. The summed E-state index contributed by atoms with van der Waals surface area (Å²) >= 11 is 1.37. The van der Waals surface area contributed by atoms with Gasteiger partial charge >= 0.3 is 6.03 Å². The maximum atomic E-state index is 13.2. The summed E-state index contributed by atoms with van der Waals surface area (Å²) in [6.45, 7) is 0.634. The monoisotopic (exact) mass is 335 g/mol. The summed E-state index contributed by atoms with van der Waals surface area (Å²) in [5.74, 6) is -0.260. The molecule has 0 bridgehead atoms. The molecule has 1 aliphatic heterocycles. The highest BCUT2D eigenvalue weighted by Gasteiger charge is 2.28. The Labute approximate surface area is 137 Å². The van der Waals surface area contributed by atoms with Crippen LogP contribution >= 0.6 is 11.3 Å². The molecule has 3 rings (SSSR count). The standard InChI is InChI=1S/C16H18FN3O2S/c17-12-4-1-3-11(7-12)8-14-9-18-15(23-14)19-16(22)20-6-2-5-13(20)10-21/h1,3-4,7,9,13,21H,2,5-6,8,10H2,(H,18,19,22)/t13-/m1/s1. The largest absolute Gasteiger partial charge is 0.394 e. The van der Waals surface area contributed by atoms with Crippen LogP contribution in [0.4, 0.5) is 14.3 Å². The van der Waals surface area contributed by atoms with Crippen molar-refractivity contribution >= 4 is 22.5 Å². The van der Waals surface area contributed by atoms with Crippen molar-refractivity contribution in [1.29, 1.82) is 0 Å².